The van der Waals surface area contributed by atoms with Gasteiger partial charge in [0, 0.05) is 19.7 Å². The van der Waals surface area contributed by atoms with Crippen molar-refractivity contribution in [2.24, 2.45) is 12.8 Å². The van der Waals surface area contributed by atoms with E-state index in [4.69, 9.17) is 10.5 Å². The molecule has 0 spiro atoms. The number of aryl methyl sites for hydroxylation is 1. The van der Waals surface area contributed by atoms with Gasteiger partial charge in [-0.1, -0.05) is 0 Å². The van der Waals surface area contributed by atoms with Gasteiger partial charge in [0.05, 0.1) is 12.8 Å². The number of hydrogen-bond acceptors (Lipinski definition) is 3. The van der Waals surface area contributed by atoms with Gasteiger partial charge >= 0.3 is 0 Å². The summed E-state index contributed by atoms with van der Waals surface area (Å²) in [4.78, 5) is 0. The summed E-state index contributed by atoms with van der Waals surface area (Å²) in [5.74, 6) is 0.614. The molecule has 0 bridgehead atoms. The van der Waals surface area contributed by atoms with Gasteiger partial charge in [-0.05, 0) is 0 Å². The monoisotopic (exact) mass is 141 g/mol. The second-order valence-corrected chi connectivity index (χ2v) is 2.01. The summed E-state index contributed by atoms with van der Waals surface area (Å²) in [5, 5.41) is 4.01. The zero-order valence-corrected chi connectivity index (χ0v) is 6.16. The van der Waals surface area contributed by atoms with E-state index in [1.165, 1.54) is 0 Å². The number of ether oxygens (including phenoxy) is 1. The SMILES string of the molecule is COc1cc(CN)n(C)n1. The van der Waals surface area contributed by atoms with Crippen molar-refractivity contribution in [3.8, 4) is 5.88 Å². The van der Waals surface area contributed by atoms with Crippen LogP contribution in [-0.2, 0) is 13.6 Å². The summed E-state index contributed by atoms with van der Waals surface area (Å²) in [6.07, 6.45) is 0. The van der Waals surface area contributed by atoms with E-state index in [0.717, 1.165) is 5.69 Å². The number of hydrogen-bond donors (Lipinski definition) is 1. The van der Waals surface area contributed by atoms with Crippen LogP contribution in [0.15, 0.2) is 6.07 Å². The molecule has 0 aliphatic carbocycles. The van der Waals surface area contributed by atoms with E-state index in [1.807, 2.05) is 13.1 Å². The Hall–Kier alpha value is -1.03. The Labute approximate surface area is 59.6 Å². The van der Waals surface area contributed by atoms with Crippen LogP contribution in [0.25, 0.3) is 0 Å². The van der Waals surface area contributed by atoms with E-state index >= 15 is 0 Å². The maximum Gasteiger partial charge on any atom is 0.232 e. The zero-order valence-electron chi connectivity index (χ0n) is 6.16. The first-order valence-electron chi connectivity index (χ1n) is 3.05. The standard InChI is InChI=1S/C6H11N3O/c1-9-5(4-7)3-6(8-9)10-2/h3H,4,7H2,1-2H3. The molecule has 2 N–H and O–H groups in total. The van der Waals surface area contributed by atoms with Crippen molar-refractivity contribution >= 4 is 0 Å². The molecule has 0 fully saturated rings. The molecule has 1 heterocycles. The summed E-state index contributed by atoms with van der Waals surface area (Å²) >= 11 is 0. The highest BCUT2D eigenvalue weighted by molar-refractivity contribution is 5.14. The Kier molecular flexibility index (Phi) is 1.91. The third-order valence-corrected chi connectivity index (χ3v) is 1.37. The molecule has 0 saturated carbocycles. The van der Waals surface area contributed by atoms with Crippen molar-refractivity contribution in [1.29, 1.82) is 0 Å². The Morgan fingerprint density at radius 1 is 1.80 bits per heavy atom. The largest absolute Gasteiger partial charge is 0.480 e. The second kappa shape index (κ2) is 2.70. The highest BCUT2D eigenvalue weighted by Gasteiger charge is 2.00. The fraction of sp³-hybridized carbons (Fsp3) is 0.500. The van der Waals surface area contributed by atoms with Crippen LogP contribution in [0.5, 0.6) is 5.88 Å². The fourth-order valence-electron chi connectivity index (χ4n) is 0.768. The number of methoxy groups -OCH3 is 1. The lowest BCUT2D eigenvalue weighted by Crippen LogP contribution is -2.03. The fourth-order valence-corrected chi connectivity index (χ4v) is 0.768. The van der Waals surface area contributed by atoms with Gasteiger partial charge in [0.15, 0.2) is 0 Å². The first-order valence-corrected chi connectivity index (χ1v) is 3.05. The average molecular weight is 141 g/mol. The average Bonchev–Trinajstić information content (AvgIpc) is 2.30. The highest BCUT2D eigenvalue weighted by Crippen LogP contribution is 2.08. The van der Waals surface area contributed by atoms with Gasteiger partial charge in [-0.2, -0.15) is 0 Å². The van der Waals surface area contributed by atoms with Crippen molar-refractivity contribution < 1.29 is 4.74 Å². The van der Waals surface area contributed by atoms with Gasteiger partial charge in [-0.25, -0.2) is 0 Å². The lowest BCUT2D eigenvalue weighted by Gasteiger charge is -1.92. The van der Waals surface area contributed by atoms with E-state index in [0.29, 0.717) is 12.4 Å². The Morgan fingerprint density at radius 2 is 2.50 bits per heavy atom. The van der Waals surface area contributed by atoms with E-state index in [9.17, 15) is 0 Å². The van der Waals surface area contributed by atoms with Crippen molar-refractivity contribution in [1.82, 2.24) is 9.78 Å². The second-order valence-electron chi connectivity index (χ2n) is 2.01. The van der Waals surface area contributed by atoms with Crippen molar-refractivity contribution in [3.05, 3.63) is 11.8 Å². The summed E-state index contributed by atoms with van der Waals surface area (Å²) in [6.45, 7) is 0.493. The highest BCUT2D eigenvalue weighted by atomic mass is 16.5. The smallest absolute Gasteiger partial charge is 0.232 e. The van der Waals surface area contributed by atoms with Gasteiger partial charge in [-0.3, -0.25) is 4.68 Å². The minimum atomic E-state index is 0.493. The Balaban J connectivity index is 2.92. The molecule has 0 atom stereocenters. The van der Waals surface area contributed by atoms with Gasteiger partial charge < -0.3 is 10.5 Å². The third kappa shape index (κ3) is 1.11. The number of nitrogens with two attached hydrogens (primary N) is 1. The predicted octanol–water partition coefficient (Wildman–Crippen LogP) is -0.113. The summed E-state index contributed by atoms with van der Waals surface area (Å²) in [7, 11) is 3.42. The van der Waals surface area contributed by atoms with Crippen LogP contribution in [-0.4, -0.2) is 16.9 Å². The number of nitrogens with zero attached hydrogens (tertiary/aromatic N) is 2. The van der Waals surface area contributed by atoms with E-state index < -0.39 is 0 Å². The van der Waals surface area contributed by atoms with Gasteiger partial charge in [0.1, 0.15) is 0 Å². The van der Waals surface area contributed by atoms with Crippen LogP contribution >= 0.6 is 0 Å². The summed E-state index contributed by atoms with van der Waals surface area (Å²) < 4.78 is 6.60. The van der Waals surface area contributed by atoms with E-state index in [2.05, 4.69) is 5.10 Å². The first kappa shape index (κ1) is 7.08. The normalized spacial score (nSPS) is 9.90. The molecule has 1 aromatic heterocycles. The van der Waals surface area contributed by atoms with Gasteiger partial charge in [-0.15, -0.1) is 5.10 Å². The van der Waals surface area contributed by atoms with Crippen LogP contribution in [0.1, 0.15) is 5.69 Å². The summed E-state index contributed by atoms with van der Waals surface area (Å²) in [6, 6.07) is 1.82. The van der Waals surface area contributed by atoms with Crippen LogP contribution in [0.3, 0.4) is 0 Å². The molecule has 4 heteroatoms. The Morgan fingerprint density at radius 3 is 2.80 bits per heavy atom. The van der Waals surface area contributed by atoms with Gasteiger partial charge in [0.2, 0.25) is 5.88 Å². The molecule has 0 aliphatic rings. The molecule has 0 aliphatic heterocycles. The molecule has 0 unspecified atom stereocenters. The van der Waals surface area contributed by atoms with Crippen molar-refractivity contribution in [2.45, 2.75) is 6.54 Å². The lowest BCUT2D eigenvalue weighted by molar-refractivity contribution is 0.392. The molecular weight excluding hydrogens is 130 g/mol. The summed E-state index contributed by atoms with van der Waals surface area (Å²) in [5.41, 5.74) is 6.37. The molecule has 0 amide bonds. The minimum absolute atomic E-state index is 0.493. The van der Waals surface area contributed by atoms with Crippen LogP contribution in [0.4, 0.5) is 0 Å². The van der Waals surface area contributed by atoms with Crippen LogP contribution in [0.2, 0.25) is 0 Å². The first-order chi connectivity index (χ1) is 4.77. The molecule has 10 heavy (non-hydrogen) atoms. The van der Waals surface area contributed by atoms with Gasteiger partial charge in [0.25, 0.3) is 0 Å². The third-order valence-electron chi connectivity index (χ3n) is 1.37. The molecule has 0 saturated heterocycles. The van der Waals surface area contributed by atoms with E-state index in [-0.39, 0.29) is 0 Å². The number of aromatic nitrogens is 2. The zero-order chi connectivity index (χ0) is 7.56. The molecule has 56 valence electrons. The molecule has 0 radical (unpaired) electrons. The maximum atomic E-state index is 5.40. The van der Waals surface area contributed by atoms with Crippen molar-refractivity contribution in [3.63, 3.8) is 0 Å². The predicted molar refractivity (Wildman–Crippen MR) is 37.7 cm³/mol. The van der Waals surface area contributed by atoms with Crippen molar-refractivity contribution in [2.75, 3.05) is 7.11 Å². The molecule has 0 aromatic carbocycles. The lowest BCUT2D eigenvalue weighted by atomic mass is 10.4. The number of rotatable bonds is 2. The quantitative estimate of drug-likeness (QED) is 0.625. The van der Waals surface area contributed by atoms with Crippen LogP contribution in [0, 0.1) is 0 Å². The molecule has 1 aromatic rings. The maximum absolute atomic E-state index is 5.40. The van der Waals surface area contributed by atoms with Crippen LogP contribution < -0.4 is 10.5 Å². The Bertz CT molecular complexity index is 219. The molecular formula is C6H11N3O. The van der Waals surface area contributed by atoms with E-state index in [1.54, 1.807) is 11.8 Å². The molecule has 4 nitrogen and oxygen atoms in total. The topological polar surface area (TPSA) is 53.1 Å². The minimum Gasteiger partial charge on any atom is -0.480 e. The molecule has 1 rings (SSSR count).